The molecular weight excluding hydrogens is 362 g/mol. The van der Waals surface area contributed by atoms with Crippen LogP contribution in [0.15, 0.2) is 42.5 Å². The van der Waals surface area contributed by atoms with Gasteiger partial charge in [0, 0.05) is 30.0 Å². The molecule has 0 saturated carbocycles. The second kappa shape index (κ2) is 8.27. The first kappa shape index (κ1) is 20.9. The quantitative estimate of drug-likeness (QED) is 0.803. The molecule has 5 heteroatoms. The SMILES string of the molecule is CCN1CCc2ccc(NC(=O)C(C)NC(=O)c3ccc(C(C)(C)C)cc3)cc21. The van der Waals surface area contributed by atoms with E-state index >= 15 is 0 Å². The molecule has 1 aliphatic rings. The van der Waals surface area contributed by atoms with Crippen molar-refractivity contribution in [3.05, 3.63) is 59.2 Å². The molecule has 0 aromatic heterocycles. The van der Waals surface area contributed by atoms with Crippen molar-refractivity contribution < 1.29 is 9.59 Å². The van der Waals surface area contributed by atoms with Crippen LogP contribution in [0.25, 0.3) is 0 Å². The van der Waals surface area contributed by atoms with E-state index in [4.69, 9.17) is 0 Å². The maximum absolute atomic E-state index is 12.6. The molecule has 0 aliphatic carbocycles. The lowest BCUT2D eigenvalue weighted by atomic mass is 9.86. The molecule has 1 aliphatic heterocycles. The van der Waals surface area contributed by atoms with Gasteiger partial charge in [-0.3, -0.25) is 9.59 Å². The Labute approximate surface area is 173 Å². The Bertz CT molecular complexity index is 897. The molecule has 5 nitrogen and oxygen atoms in total. The van der Waals surface area contributed by atoms with Gasteiger partial charge in [-0.05, 0) is 61.1 Å². The van der Waals surface area contributed by atoms with Gasteiger partial charge in [-0.1, -0.05) is 39.0 Å². The summed E-state index contributed by atoms with van der Waals surface area (Å²) in [6, 6.07) is 12.9. The van der Waals surface area contributed by atoms with Crippen molar-refractivity contribution in [3.63, 3.8) is 0 Å². The zero-order valence-corrected chi connectivity index (χ0v) is 18.0. The predicted molar refractivity (Wildman–Crippen MR) is 119 cm³/mol. The van der Waals surface area contributed by atoms with Gasteiger partial charge in [-0.2, -0.15) is 0 Å². The number of fused-ring (bicyclic) bond motifs is 1. The molecule has 0 radical (unpaired) electrons. The maximum Gasteiger partial charge on any atom is 0.251 e. The number of nitrogens with one attached hydrogen (secondary N) is 2. The lowest BCUT2D eigenvalue weighted by Gasteiger charge is -2.20. The average Bonchev–Trinajstić information content (AvgIpc) is 3.09. The van der Waals surface area contributed by atoms with Gasteiger partial charge in [0.05, 0.1) is 0 Å². The van der Waals surface area contributed by atoms with E-state index in [0.29, 0.717) is 5.56 Å². The second-order valence-corrected chi connectivity index (χ2v) is 8.68. The summed E-state index contributed by atoms with van der Waals surface area (Å²) in [5, 5.41) is 5.71. The van der Waals surface area contributed by atoms with Crippen LogP contribution < -0.4 is 15.5 Å². The van der Waals surface area contributed by atoms with Crippen LogP contribution in [0.4, 0.5) is 11.4 Å². The number of hydrogen-bond acceptors (Lipinski definition) is 3. The van der Waals surface area contributed by atoms with E-state index in [1.807, 2.05) is 24.3 Å². The molecule has 29 heavy (non-hydrogen) atoms. The Balaban J connectivity index is 1.61. The fourth-order valence-corrected chi connectivity index (χ4v) is 3.57. The zero-order valence-electron chi connectivity index (χ0n) is 18.0. The summed E-state index contributed by atoms with van der Waals surface area (Å²) in [6.07, 6.45) is 1.04. The number of carbonyl (C=O) groups is 2. The van der Waals surface area contributed by atoms with Crippen molar-refractivity contribution in [1.29, 1.82) is 0 Å². The molecule has 2 aromatic carbocycles. The Kier molecular flexibility index (Phi) is 5.96. The molecule has 3 rings (SSSR count). The predicted octanol–water partition coefficient (Wildman–Crippen LogP) is 4.12. The van der Waals surface area contributed by atoms with Crippen molar-refractivity contribution in [2.24, 2.45) is 0 Å². The smallest absolute Gasteiger partial charge is 0.251 e. The highest BCUT2D eigenvalue weighted by molar-refractivity contribution is 6.01. The number of nitrogens with zero attached hydrogens (tertiary/aromatic N) is 1. The van der Waals surface area contributed by atoms with Crippen LogP contribution in [-0.2, 0) is 16.6 Å². The van der Waals surface area contributed by atoms with Gasteiger partial charge in [-0.25, -0.2) is 0 Å². The number of benzene rings is 2. The third kappa shape index (κ3) is 4.78. The molecule has 2 aromatic rings. The van der Waals surface area contributed by atoms with Gasteiger partial charge in [0.25, 0.3) is 5.91 Å². The topological polar surface area (TPSA) is 61.4 Å². The molecule has 0 fully saturated rings. The second-order valence-electron chi connectivity index (χ2n) is 8.68. The first-order valence-corrected chi connectivity index (χ1v) is 10.3. The lowest BCUT2D eigenvalue weighted by Crippen LogP contribution is -2.41. The summed E-state index contributed by atoms with van der Waals surface area (Å²) in [5.41, 5.74) is 4.99. The van der Waals surface area contributed by atoms with Crippen LogP contribution in [0.5, 0.6) is 0 Å². The Hall–Kier alpha value is -2.82. The molecule has 0 bridgehead atoms. The minimum Gasteiger partial charge on any atom is -0.371 e. The van der Waals surface area contributed by atoms with Gasteiger partial charge in [0.15, 0.2) is 0 Å². The number of amides is 2. The molecular formula is C24H31N3O2. The largest absolute Gasteiger partial charge is 0.371 e. The van der Waals surface area contributed by atoms with Crippen molar-refractivity contribution in [2.75, 3.05) is 23.3 Å². The first-order chi connectivity index (χ1) is 13.7. The molecule has 1 atom stereocenters. The number of rotatable bonds is 5. The van der Waals surface area contributed by atoms with Gasteiger partial charge in [0.1, 0.15) is 6.04 Å². The minimum absolute atomic E-state index is 0.0331. The molecule has 0 spiro atoms. The number of anilines is 2. The summed E-state index contributed by atoms with van der Waals surface area (Å²) in [4.78, 5) is 27.4. The van der Waals surface area contributed by atoms with Crippen LogP contribution >= 0.6 is 0 Å². The fourth-order valence-electron chi connectivity index (χ4n) is 3.57. The highest BCUT2D eigenvalue weighted by Gasteiger charge is 2.21. The summed E-state index contributed by atoms with van der Waals surface area (Å²) < 4.78 is 0. The number of likely N-dealkylation sites (N-methyl/N-ethyl adjacent to an activating group) is 1. The van der Waals surface area contributed by atoms with E-state index in [9.17, 15) is 9.59 Å². The van der Waals surface area contributed by atoms with E-state index in [-0.39, 0.29) is 17.2 Å². The summed E-state index contributed by atoms with van der Waals surface area (Å²) in [6.45, 7) is 12.2. The molecule has 1 unspecified atom stereocenters. The average molecular weight is 394 g/mol. The van der Waals surface area contributed by atoms with Crippen molar-refractivity contribution in [2.45, 2.75) is 52.5 Å². The summed E-state index contributed by atoms with van der Waals surface area (Å²) in [5.74, 6) is -0.482. The normalized spacial score (nSPS) is 14.3. The standard InChI is InChI=1S/C24H31N3O2/c1-6-27-14-13-17-9-12-20(15-21(17)27)26-22(28)16(2)25-23(29)18-7-10-19(11-8-18)24(3,4)5/h7-12,15-16H,6,13-14H2,1-5H3,(H,25,29)(H,26,28). The highest BCUT2D eigenvalue weighted by atomic mass is 16.2. The summed E-state index contributed by atoms with van der Waals surface area (Å²) >= 11 is 0. The van der Waals surface area contributed by atoms with Gasteiger partial charge in [-0.15, -0.1) is 0 Å². The maximum atomic E-state index is 12.6. The monoisotopic (exact) mass is 393 g/mol. The first-order valence-electron chi connectivity index (χ1n) is 10.3. The van der Waals surface area contributed by atoms with Crippen molar-refractivity contribution in [3.8, 4) is 0 Å². The third-order valence-electron chi connectivity index (χ3n) is 5.48. The van der Waals surface area contributed by atoms with Crippen LogP contribution in [0.3, 0.4) is 0 Å². The Morgan fingerprint density at radius 3 is 2.41 bits per heavy atom. The highest BCUT2D eigenvalue weighted by Crippen LogP contribution is 2.30. The molecule has 0 saturated heterocycles. The van der Waals surface area contributed by atoms with Crippen LogP contribution in [0, 0.1) is 0 Å². The van der Waals surface area contributed by atoms with Crippen molar-refractivity contribution in [1.82, 2.24) is 5.32 Å². The van der Waals surface area contributed by atoms with E-state index < -0.39 is 6.04 Å². The zero-order chi connectivity index (χ0) is 21.2. The molecule has 2 amide bonds. The van der Waals surface area contributed by atoms with E-state index in [1.54, 1.807) is 19.1 Å². The Morgan fingerprint density at radius 2 is 1.79 bits per heavy atom. The molecule has 1 heterocycles. The minimum atomic E-state index is -0.639. The fraction of sp³-hybridized carbons (Fsp3) is 0.417. The van der Waals surface area contributed by atoms with E-state index in [0.717, 1.165) is 30.8 Å². The Morgan fingerprint density at radius 1 is 1.10 bits per heavy atom. The lowest BCUT2D eigenvalue weighted by molar-refractivity contribution is -0.117. The number of hydrogen-bond donors (Lipinski definition) is 2. The number of carbonyl (C=O) groups excluding carboxylic acids is 2. The molecule has 154 valence electrons. The summed E-state index contributed by atoms with van der Waals surface area (Å²) in [7, 11) is 0. The van der Waals surface area contributed by atoms with Gasteiger partial charge in [0.2, 0.25) is 5.91 Å². The van der Waals surface area contributed by atoms with E-state index in [1.165, 1.54) is 11.3 Å². The van der Waals surface area contributed by atoms with Crippen LogP contribution in [-0.4, -0.2) is 30.9 Å². The third-order valence-corrected chi connectivity index (χ3v) is 5.48. The van der Waals surface area contributed by atoms with Crippen LogP contribution in [0.2, 0.25) is 0 Å². The van der Waals surface area contributed by atoms with Crippen molar-refractivity contribution >= 4 is 23.2 Å². The van der Waals surface area contributed by atoms with Gasteiger partial charge >= 0.3 is 0 Å². The van der Waals surface area contributed by atoms with Crippen LogP contribution in [0.1, 0.15) is 56.1 Å². The van der Waals surface area contributed by atoms with Gasteiger partial charge < -0.3 is 15.5 Å². The molecule has 2 N–H and O–H groups in total. The van der Waals surface area contributed by atoms with E-state index in [2.05, 4.69) is 49.3 Å².